The summed E-state index contributed by atoms with van der Waals surface area (Å²) in [6, 6.07) is 7.53. The summed E-state index contributed by atoms with van der Waals surface area (Å²) >= 11 is 0. The van der Waals surface area contributed by atoms with E-state index in [9.17, 15) is 9.59 Å². The van der Waals surface area contributed by atoms with Crippen molar-refractivity contribution in [3.63, 3.8) is 0 Å². The lowest BCUT2D eigenvalue weighted by Crippen LogP contribution is -2.33. The van der Waals surface area contributed by atoms with Crippen LogP contribution in [0.15, 0.2) is 24.3 Å². The highest BCUT2D eigenvalue weighted by atomic mass is 16.5. The second-order valence-electron chi connectivity index (χ2n) is 5.15. The van der Waals surface area contributed by atoms with Crippen LogP contribution in [0.5, 0.6) is 0 Å². The molecule has 0 unspecified atom stereocenters. The predicted molar refractivity (Wildman–Crippen MR) is 76.5 cm³/mol. The average molecular weight is 275 g/mol. The van der Waals surface area contributed by atoms with Crippen molar-refractivity contribution in [3.05, 3.63) is 35.4 Å². The Balaban J connectivity index is 1.88. The van der Waals surface area contributed by atoms with Gasteiger partial charge in [-0.05, 0) is 24.1 Å². The molecule has 0 N–H and O–H groups in total. The van der Waals surface area contributed by atoms with Crippen LogP contribution in [0.1, 0.15) is 42.1 Å². The monoisotopic (exact) mass is 275 g/mol. The van der Waals surface area contributed by atoms with E-state index in [-0.39, 0.29) is 5.97 Å². The lowest BCUT2D eigenvalue weighted by molar-refractivity contribution is -0.121. The number of Topliss-reactive ketones (excluding diaryl/α,β-unsaturated/α-hetero) is 1. The zero-order chi connectivity index (χ0) is 14.4. The average Bonchev–Trinajstić information content (AvgIpc) is 2.48. The van der Waals surface area contributed by atoms with Gasteiger partial charge in [-0.15, -0.1) is 0 Å². The summed E-state index contributed by atoms with van der Waals surface area (Å²) in [6.07, 6.45) is 2.14. The fourth-order valence-corrected chi connectivity index (χ4v) is 2.24. The Kier molecular flexibility index (Phi) is 5.30. The molecule has 4 nitrogen and oxygen atoms in total. The first kappa shape index (κ1) is 14.7. The summed E-state index contributed by atoms with van der Waals surface area (Å²) in [6.45, 7) is 4.93. The van der Waals surface area contributed by atoms with E-state index in [0.717, 1.165) is 31.6 Å². The van der Waals surface area contributed by atoms with Gasteiger partial charge in [0.25, 0.3) is 0 Å². The molecule has 0 saturated carbocycles. The van der Waals surface area contributed by atoms with Gasteiger partial charge in [0.1, 0.15) is 5.78 Å². The van der Waals surface area contributed by atoms with Crippen LogP contribution in [0.3, 0.4) is 0 Å². The summed E-state index contributed by atoms with van der Waals surface area (Å²) in [5.74, 6) is 0.0947. The van der Waals surface area contributed by atoms with Crippen molar-refractivity contribution < 1.29 is 14.3 Å². The minimum Gasteiger partial charge on any atom is -0.462 e. The van der Waals surface area contributed by atoms with Crippen LogP contribution >= 0.6 is 0 Å². The van der Waals surface area contributed by atoms with Crippen molar-refractivity contribution in [1.29, 1.82) is 0 Å². The van der Waals surface area contributed by atoms with Crippen molar-refractivity contribution in [2.24, 2.45) is 0 Å². The minimum absolute atomic E-state index is 0.262. The smallest absolute Gasteiger partial charge is 0.338 e. The van der Waals surface area contributed by atoms with E-state index in [2.05, 4.69) is 4.90 Å². The van der Waals surface area contributed by atoms with E-state index >= 15 is 0 Å². The SMILES string of the molecule is CCCOC(=O)c1ccc(CN2CCC(=O)CC2)cc1. The number of ketones is 1. The molecule has 1 aromatic carbocycles. The Morgan fingerprint density at radius 1 is 1.20 bits per heavy atom. The first-order chi connectivity index (χ1) is 9.69. The van der Waals surface area contributed by atoms with Crippen LogP contribution in [-0.2, 0) is 16.1 Å². The van der Waals surface area contributed by atoms with Crippen LogP contribution in [0.2, 0.25) is 0 Å². The molecular formula is C16H21NO3. The molecule has 0 aliphatic carbocycles. The van der Waals surface area contributed by atoms with E-state index in [4.69, 9.17) is 4.74 Å². The van der Waals surface area contributed by atoms with Gasteiger partial charge in [-0.1, -0.05) is 19.1 Å². The number of hydrogen-bond donors (Lipinski definition) is 0. The number of likely N-dealkylation sites (tertiary alicyclic amines) is 1. The van der Waals surface area contributed by atoms with Gasteiger partial charge in [0.2, 0.25) is 0 Å². The highest BCUT2D eigenvalue weighted by Gasteiger charge is 2.16. The molecule has 2 rings (SSSR count). The molecule has 1 heterocycles. The van der Waals surface area contributed by atoms with Gasteiger partial charge in [-0.25, -0.2) is 4.79 Å². The molecule has 1 saturated heterocycles. The van der Waals surface area contributed by atoms with E-state index in [1.54, 1.807) is 0 Å². The Bertz CT molecular complexity index is 457. The van der Waals surface area contributed by atoms with Gasteiger partial charge in [0.15, 0.2) is 0 Å². The molecule has 0 bridgehead atoms. The molecule has 1 aromatic rings. The van der Waals surface area contributed by atoms with E-state index in [1.165, 1.54) is 0 Å². The van der Waals surface area contributed by atoms with Gasteiger partial charge in [0.05, 0.1) is 12.2 Å². The number of esters is 1. The highest BCUT2D eigenvalue weighted by molar-refractivity contribution is 5.89. The Hall–Kier alpha value is -1.68. The molecule has 1 aliphatic rings. The molecule has 4 heteroatoms. The number of nitrogens with zero attached hydrogens (tertiary/aromatic N) is 1. The van der Waals surface area contributed by atoms with Crippen LogP contribution in [0.4, 0.5) is 0 Å². The van der Waals surface area contributed by atoms with Gasteiger partial charge in [-0.2, -0.15) is 0 Å². The first-order valence-electron chi connectivity index (χ1n) is 7.19. The number of hydrogen-bond acceptors (Lipinski definition) is 4. The Labute approximate surface area is 119 Å². The molecule has 0 radical (unpaired) electrons. The lowest BCUT2D eigenvalue weighted by atomic mass is 10.1. The summed E-state index contributed by atoms with van der Waals surface area (Å²) in [7, 11) is 0. The number of carbonyl (C=O) groups excluding carboxylic acids is 2. The number of rotatable bonds is 5. The van der Waals surface area contributed by atoms with Crippen LogP contribution in [0.25, 0.3) is 0 Å². The second kappa shape index (κ2) is 7.20. The molecule has 0 atom stereocenters. The molecule has 20 heavy (non-hydrogen) atoms. The number of piperidine rings is 1. The molecular weight excluding hydrogens is 254 g/mol. The van der Waals surface area contributed by atoms with Crippen molar-refractivity contribution in [2.45, 2.75) is 32.7 Å². The fraction of sp³-hybridized carbons (Fsp3) is 0.500. The van der Waals surface area contributed by atoms with E-state index in [1.807, 2.05) is 31.2 Å². The third-order valence-electron chi connectivity index (χ3n) is 3.45. The summed E-state index contributed by atoms with van der Waals surface area (Å²) in [5, 5.41) is 0. The first-order valence-corrected chi connectivity index (χ1v) is 7.19. The standard InChI is InChI=1S/C16H21NO3/c1-2-11-20-16(19)14-5-3-13(4-6-14)12-17-9-7-15(18)8-10-17/h3-6H,2,7-12H2,1H3. The zero-order valence-corrected chi connectivity index (χ0v) is 11.9. The Morgan fingerprint density at radius 2 is 1.85 bits per heavy atom. The lowest BCUT2D eigenvalue weighted by Gasteiger charge is -2.25. The van der Waals surface area contributed by atoms with Gasteiger partial charge in [0, 0.05) is 32.5 Å². The summed E-state index contributed by atoms with van der Waals surface area (Å²) in [4.78, 5) is 25.1. The molecule has 0 aromatic heterocycles. The largest absolute Gasteiger partial charge is 0.462 e. The van der Waals surface area contributed by atoms with Crippen LogP contribution in [-0.4, -0.2) is 36.3 Å². The zero-order valence-electron chi connectivity index (χ0n) is 11.9. The predicted octanol–water partition coefficient (Wildman–Crippen LogP) is 2.42. The number of benzene rings is 1. The topological polar surface area (TPSA) is 46.6 Å². The molecule has 1 fully saturated rings. The molecule has 108 valence electrons. The van der Waals surface area contributed by atoms with Crippen molar-refractivity contribution in [1.82, 2.24) is 4.90 Å². The van der Waals surface area contributed by atoms with Gasteiger partial charge < -0.3 is 4.74 Å². The normalized spacial score (nSPS) is 16.1. The van der Waals surface area contributed by atoms with Gasteiger partial charge in [-0.3, -0.25) is 9.69 Å². The maximum absolute atomic E-state index is 11.7. The quantitative estimate of drug-likeness (QED) is 0.774. The summed E-state index contributed by atoms with van der Waals surface area (Å²) in [5.41, 5.74) is 1.75. The van der Waals surface area contributed by atoms with Crippen molar-refractivity contribution in [2.75, 3.05) is 19.7 Å². The van der Waals surface area contributed by atoms with Crippen molar-refractivity contribution >= 4 is 11.8 Å². The number of carbonyl (C=O) groups is 2. The fourth-order valence-electron chi connectivity index (χ4n) is 2.24. The van der Waals surface area contributed by atoms with E-state index < -0.39 is 0 Å². The molecule has 1 aliphatic heterocycles. The minimum atomic E-state index is -0.262. The maximum Gasteiger partial charge on any atom is 0.338 e. The maximum atomic E-state index is 11.7. The third-order valence-corrected chi connectivity index (χ3v) is 3.45. The summed E-state index contributed by atoms with van der Waals surface area (Å²) < 4.78 is 5.09. The Morgan fingerprint density at radius 3 is 2.45 bits per heavy atom. The highest BCUT2D eigenvalue weighted by Crippen LogP contribution is 2.12. The van der Waals surface area contributed by atoms with Gasteiger partial charge >= 0.3 is 5.97 Å². The van der Waals surface area contributed by atoms with Crippen molar-refractivity contribution in [3.8, 4) is 0 Å². The second-order valence-corrected chi connectivity index (χ2v) is 5.15. The third kappa shape index (κ3) is 4.17. The van der Waals surface area contributed by atoms with Crippen LogP contribution < -0.4 is 0 Å². The molecule has 0 spiro atoms. The van der Waals surface area contributed by atoms with Crippen LogP contribution in [0, 0.1) is 0 Å². The van der Waals surface area contributed by atoms with E-state index in [0.29, 0.717) is 30.8 Å². The molecule has 0 amide bonds. The number of ether oxygens (including phenoxy) is 1.